The summed E-state index contributed by atoms with van der Waals surface area (Å²) in [5, 5.41) is 11.7. The van der Waals surface area contributed by atoms with E-state index in [1.54, 1.807) is 30.5 Å². The molecule has 0 radical (unpaired) electrons. The summed E-state index contributed by atoms with van der Waals surface area (Å²) in [5.74, 6) is 0.0221. The van der Waals surface area contributed by atoms with Crippen molar-refractivity contribution in [3.05, 3.63) is 46.1 Å². The molecule has 0 atom stereocenters. The predicted octanol–water partition coefficient (Wildman–Crippen LogP) is 3.05. The van der Waals surface area contributed by atoms with Crippen molar-refractivity contribution in [1.29, 1.82) is 0 Å². The van der Waals surface area contributed by atoms with Crippen molar-refractivity contribution in [2.45, 2.75) is 26.2 Å². The minimum absolute atomic E-state index is 0.00458. The van der Waals surface area contributed by atoms with Crippen molar-refractivity contribution in [1.82, 2.24) is 4.98 Å². The molecule has 1 aromatic carbocycles. The van der Waals surface area contributed by atoms with Gasteiger partial charge in [-0.05, 0) is 30.7 Å². The molecule has 0 N–H and O–H groups in total. The van der Waals surface area contributed by atoms with E-state index in [2.05, 4.69) is 4.98 Å². The molecule has 2 rings (SSSR count). The summed E-state index contributed by atoms with van der Waals surface area (Å²) in [6.45, 7) is 1.91. The van der Waals surface area contributed by atoms with Gasteiger partial charge in [-0.3, -0.25) is 19.9 Å². The molecular formula is C14H14N2O3. The lowest BCUT2D eigenvalue weighted by molar-refractivity contribution is -0.383. The molecule has 0 bridgehead atoms. The molecule has 1 heterocycles. The molecule has 98 valence electrons. The Morgan fingerprint density at radius 1 is 1.37 bits per heavy atom. The average Bonchev–Trinajstić information content (AvgIpc) is 2.38. The zero-order chi connectivity index (χ0) is 13.8. The monoisotopic (exact) mass is 258 g/mol. The van der Waals surface area contributed by atoms with Crippen LogP contribution in [0.25, 0.3) is 10.9 Å². The molecular weight excluding hydrogens is 244 g/mol. The van der Waals surface area contributed by atoms with Crippen LogP contribution in [-0.4, -0.2) is 15.7 Å². The van der Waals surface area contributed by atoms with Crippen molar-refractivity contribution < 1.29 is 9.72 Å². The molecule has 0 fully saturated rings. The first-order valence-electron chi connectivity index (χ1n) is 6.16. The lowest BCUT2D eigenvalue weighted by atomic mass is 10.0. The number of hydrogen-bond acceptors (Lipinski definition) is 4. The number of pyridine rings is 1. The van der Waals surface area contributed by atoms with Gasteiger partial charge in [0.1, 0.15) is 5.78 Å². The van der Waals surface area contributed by atoms with Crippen LogP contribution >= 0.6 is 0 Å². The van der Waals surface area contributed by atoms with Crippen LogP contribution in [0.2, 0.25) is 0 Å². The molecule has 0 saturated carbocycles. The lowest BCUT2D eigenvalue weighted by Crippen LogP contribution is -2.05. The maximum absolute atomic E-state index is 11.7. The Morgan fingerprint density at radius 2 is 2.16 bits per heavy atom. The normalized spacial score (nSPS) is 10.6. The Bertz CT molecular complexity index is 638. The van der Waals surface area contributed by atoms with Gasteiger partial charge in [0, 0.05) is 24.6 Å². The van der Waals surface area contributed by atoms with E-state index < -0.39 is 4.92 Å². The van der Waals surface area contributed by atoms with Gasteiger partial charge in [-0.15, -0.1) is 0 Å². The molecule has 5 nitrogen and oxygen atoms in total. The number of hydrogen-bond donors (Lipinski definition) is 0. The third-order valence-electron chi connectivity index (χ3n) is 2.94. The molecule has 0 aliphatic heterocycles. The second kappa shape index (κ2) is 5.56. The van der Waals surface area contributed by atoms with E-state index in [0.717, 1.165) is 6.42 Å². The molecule has 0 aliphatic carbocycles. The van der Waals surface area contributed by atoms with Gasteiger partial charge in [0.2, 0.25) is 0 Å². The van der Waals surface area contributed by atoms with Gasteiger partial charge in [-0.25, -0.2) is 0 Å². The highest BCUT2D eigenvalue weighted by molar-refractivity contribution is 5.92. The summed E-state index contributed by atoms with van der Waals surface area (Å²) < 4.78 is 0. The Labute approximate surface area is 110 Å². The molecule has 0 unspecified atom stereocenters. The number of carbonyl (C=O) groups is 1. The minimum Gasteiger partial charge on any atom is -0.299 e. The first kappa shape index (κ1) is 13.1. The average molecular weight is 258 g/mol. The largest absolute Gasteiger partial charge is 0.299 e. The van der Waals surface area contributed by atoms with Crippen LogP contribution in [0, 0.1) is 10.1 Å². The number of Topliss-reactive ketones (excluding diaryl/α,β-unsaturated/α-hetero) is 1. The first-order valence-corrected chi connectivity index (χ1v) is 6.16. The first-order chi connectivity index (χ1) is 9.13. The smallest absolute Gasteiger partial charge is 0.282 e. The molecule has 0 amide bonds. The number of nitro groups is 1. The van der Waals surface area contributed by atoms with E-state index in [9.17, 15) is 14.9 Å². The minimum atomic E-state index is -0.432. The maximum Gasteiger partial charge on any atom is 0.282 e. The number of carbonyl (C=O) groups excluding carboxylic acids is 1. The number of rotatable bonds is 5. The summed E-state index contributed by atoms with van der Waals surface area (Å²) in [6, 6.07) is 6.67. The van der Waals surface area contributed by atoms with Crippen LogP contribution in [0.5, 0.6) is 0 Å². The zero-order valence-electron chi connectivity index (χ0n) is 10.6. The summed E-state index contributed by atoms with van der Waals surface area (Å²) in [6.07, 6.45) is 2.90. The highest BCUT2D eigenvalue weighted by Gasteiger charge is 2.20. The maximum atomic E-state index is 11.7. The fourth-order valence-corrected chi connectivity index (χ4v) is 2.12. The number of aromatic nitrogens is 1. The number of benzene rings is 1. The summed E-state index contributed by atoms with van der Waals surface area (Å²) in [7, 11) is 0. The molecule has 5 heteroatoms. The van der Waals surface area contributed by atoms with Crippen LogP contribution in [0.15, 0.2) is 30.5 Å². The van der Waals surface area contributed by atoms with E-state index in [4.69, 9.17) is 0 Å². The second-order valence-corrected chi connectivity index (χ2v) is 4.37. The second-order valence-electron chi connectivity index (χ2n) is 4.37. The van der Waals surface area contributed by atoms with Crippen LogP contribution in [-0.2, 0) is 11.2 Å². The third kappa shape index (κ3) is 2.76. The Kier molecular flexibility index (Phi) is 3.85. The number of fused-ring (bicyclic) bond motifs is 1. The van der Waals surface area contributed by atoms with Crippen molar-refractivity contribution in [3.8, 4) is 0 Å². The van der Waals surface area contributed by atoms with Gasteiger partial charge in [-0.1, -0.05) is 6.92 Å². The lowest BCUT2D eigenvalue weighted by Gasteiger charge is -2.05. The van der Waals surface area contributed by atoms with E-state index in [1.807, 2.05) is 6.92 Å². The van der Waals surface area contributed by atoms with Crippen molar-refractivity contribution in [3.63, 3.8) is 0 Å². The van der Waals surface area contributed by atoms with Gasteiger partial charge in [0.25, 0.3) is 5.69 Å². The fourth-order valence-electron chi connectivity index (χ4n) is 2.12. The standard InChI is InChI=1S/C14H14N2O3/c1-2-4-11(17)9-10-6-7-13-12(5-3-8-15-13)14(10)16(18)19/h3,5-8H,2,4,9H2,1H3. The van der Waals surface area contributed by atoms with Crippen LogP contribution in [0.4, 0.5) is 5.69 Å². The molecule has 0 spiro atoms. The number of ketones is 1. The molecule has 2 aromatic rings. The van der Waals surface area contributed by atoms with Gasteiger partial charge < -0.3 is 0 Å². The van der Waals surface area contributed by atoms with Crippen molar-refractivity contribution >= 4 is 22.4 Å². The summed E-state index contributed by atoms with van der Waals surface area (Å²) in [5.41, 5.74) is 1.03. The molecule has 0 saturated heterocycles. The topological polar surface area (TPSA) is 73.1 Å². The van der Waals surface area contributed by atoms with E-state index >= 15 is 0 Å². The van der Waals surface area contributed by atoms with E-state index in [0.29, 0.717) is 22.9 Å². The van der Waals surface area contributed by atoms with E-state index in [-0.39, 0.29) is 17.9 Å². The third-order valence-corrected chi connectivity index (χ3v) is 2.94. The molecule has 0 aliphatic rings. The summed E-state index contributed by atoms with van der Waals surface area (Å²) in [4.78, 5) is 26.6. The van der Waals surface area contributed by atoms with Crippen LogP contribution in [0.3, 0.4) is 0 Å². The van der Waals surface area contributed by atoms with Crippen LogP contribution < -0.4 is 0 Å². The summed E-state index contributed by atoms with van der Waals surface area (Å²) >= 11 is 0. The Morgan fingerprint density at radius 3 is 2.84 bits per heavy atom. The number of nitro benzene ring substituents is 1. The highest BCUT2D eigenvalue weighted by atomic mass is 16.6. The fraction of sp³-hybridized carbons (Fsp3) is 0.286. The molecule has 1 aromatic heterocycles. The van der Waals surface area contributed by atoms with Gasteiger partial charge in [-0.2, -0.15) is 0 Å². The quantitative estimate of drug-likeness (QED) is 0.610. The Hall–Kier alpha value is -2.30. The SMILES string of the molecule is CCCC(=O)Cc1ccc2ncccc2c1[N+](=O)[O-]. The van der Waals surface area contributed by atoms with E-state index in [1.165, 1.54) is 0 Å². The zero-order valence-corrected chi connectivity index (χ0v) is 10.6. The van der Waals surface area contributed by atoms with Gasteiger partial charge >= 0.3 is 0 Å². The van der Waals surface area contributed by atoms with Crippen LogP contribution in [0.1, 0.15) is 25.3 Å². The Balaban J connectivity index is 2.52. The van der Waals surface area contributed by atoms with Gasteiger partial charge in [0.05, 0.1) is 15.8 Å². The van der Waals surface area contributed by atoms with Crippen molar-refractivity contribution in [2.24, 2.45) is 0 Å². The van der Waals surface area contributed by atoms with Crippen molar-refractivity contribution in [2.75, 3.05) is 0 Å². The predicted molar refractivity (Wildman–Crippen MR) is 72.0 cm³/mol. The highest BCUT2D eigenvalue weighted by Crippen LogP contribution is 2.29. The van der Waals surface area contributed by atoms with Gasteiger partial charge in [0.15, 0.2) is 0 Å². The molecule has 19 heavy (non-hydrogen) atoms. The number of nitrogens with zero attached hydrogens (tertiary/aromatic N) is 2.